The predicted molar refractivity (Wildman–Crippen MR) is 55.5 cm³/mol. The molecule has 0 aromatic rings. The Morgan fingerprint density at radius 1 is 1.73 bits per heavy atom. The van der Waals surface area contributed by atoms with Crippen molar-refractivity contribution in [3.63, 3.8) is 0 Å². The van der Waals surface area contributed by atoms with Gasteiger partial charge in [-0.05, 0) is 20.3 Å². The monoisotopic (exact) mass is 214 g/mol. The van der Waals surface area contributed by atoms with Crippen LogP contribution < -0.4 is 0 Å². The van der Waals surface area contributed by atoms with E-state index in [1.54, 1.807) is 6.92 Å². The van der Waals surface area contributed by atoms with Crippen LogP contribution in [0.5, 0.6) is 0 Å². The molecule has 3 atom stereocenters. The maximum Gasteiger partial charge on any atom is 0.331 e. The van der Waals surface area contributed by atoms with Crippen LogP contribution in [0.2, 0.25) is 0 Å². The van der Waals surface area contributed by atoms with Gasteiger partial charge in [0.05, 0.1) is 12.7 Å². The van der Waals surface area contributed by atoms with Crippen LogP contribution in [0.3, 0.4) is 0 Å². The third-order valence-electron chi connectivity index (χ3n) is 2.78. The van der Waals surface area contributed by atoms with Crippen molar-refractivity contribution >= 4 is 5.97 Å². The first-order valence-electron chi connectivity index (χ1n) is 5.14. The largest absolute Gasteiger partial charge is 0.478 e. The molecule has 86 valence electrons. The van der Waals surface area contributed by atoms with Crippen LogP contribution in [0, 0.1) is 5.92 Å². The summed E-state index contributed by atoms with van der Waals surface area (Å²) < 4.78 is 11.2. The lowest BCUT2D eigenvalue weighted by molar-refractivity contribution is -0.184. The maximum atomic E-state index is 10.9. The summed E-state index contributed by atoms with van der Waals surface area (Å²) in [7, 11) is 0. The number of carboxylic acid groups (broad SMARTS) is 1. The number of hydrogen-bond donors (Lipinski definition) is 1. The quantitative estimate of drug-likeness (QED) is 0.725. The van der Waals surface area contributed by atoms with Gasteiger partial charge < -0.3 is 14.6 Å². The second-order valence-electron chi connectivity index (χ2n) is 4.05. The minimum atomic E-state index is -0.991. The molecule has 0 aliphatic carbocycles. The van der Waals surface area contributed by atoms with E-state index in [4.69, 9.17) is 14.6 Å². The van der Waals surface area contributed by atoms with Crippen molar-refractivity contribution in [2.24, 2.45) is 5.92 Å². The molecule has 1 heterocycles. The standard InChI is InChI=1S/C11H18O4/c1-5-9(8(3)10(12)13)11(4)14-6-7(2)15-11/h7,9H,3,5-6H2,1-2,4H3,(H,12,13). The fraction of sp³-hybridized carbons (Fsp3) is 0.727. The zero-order chi connectivity index (χ0) is 11.6. The van der Waals surface area contributed by atoms with Crippen molar-refractivity contribution in [2.75, 3.05) is 6.61 Å². The second kappa shape index (κ2) is 4.33. The molecule has 4 heteroatoms. The molecule has 4 nitrogen and oxygen atoms in total. The van der Waals surface area contributed by atoms with Crippen molar-refractivity contribution < 1.29 is 19.4 Å². The minimum Gasteiger partial charge on any atom is -0.478 e. The Morgan fingerprint density at radius 2 is 2.33 bits per heavy atom. The normalized spacial score (nSPS) is 32.6. The molecule has 0 spiro atoms. The molecule has 1 fully saturated rings. The van der Waals surface area contributed by atoms with Crippen LogP contribution in [-0.4, -0.2) is 29.6 Å². The van der Waals surface area contributed by atoms with E-state index >= 15 is 0 Å². The molecule has 1 aliphatic heterocycles. The molecule has 1 N–H and O–H groups in total. The second-order valence-corrected chi connectivity index (χ2v) is 4.05. The Bertz CT molecular complexity index is 274. The summed E-state index contributed by atoms with van der Waals surface area (Å²) in [5.74, 6) is -2.14. The molecule has 0 saturated carbocycles. The molecular weight excluding hydrogens is 196 g/mol. The lowest BCUT2D eigenvalue weighted by Crippen LogP contribution is -2.38. The summed E-state index contributed by atoms with van der Waals surface area (Å²) in [5, 5.41) is 8.91. The van der Waals surface area contributed by atoms with Crippen LogP contribution >= 0.6 is 0 Å². The van der Waals surface area contributed by atoms with E-state index in [0.29, 0.717) is 13.0 Å². The fourth-order valence-electron chi connectivity index (χ4n) is 2.02. The van der Waals surface area contributed by atoms with Crippen LogP contribution in [0.25, 0.3) is 0 Å². The van der Waals surface area contributed by atoms with Gasteiger partial charge in [0.25, 0.3) is 0 Å². The van der Waals surface area contributed by atoms with E-state index in [0.717, 1.165) is 0 Å². The zero-order valence-corrected chi connectivity index (χ0v) is 9.45. The van der Waals surface area contributed by atoms with E-state index < -0.39 is 11.8 Å². The first-order chi connectivity index (χ1) is 6.90. The highest BCUT2D eigenvalue weighted by molar-refractivity contribution is 5.86. The van der Waals surface area contributed by atoms with E-state index in [2.05, 4.69) is 6.58 Å². The SMILES string of the molecule is C=C(C(=O)O)C(CC)C1(C)OCC(C)O1. The van der Waals surface area contributed by atoms with Gasteiger partial charge >= 0.3 is 5.97 Å². The van der Waals surface area contributed by atoms with Crippen LogP contribution in [-0.2, 0) is 14.3 Å². The molecule has 0 bridgehead atoms. The highest BCUT2D eigenvalue weighted by Gasteiger charge is 2.44. The molecule has 1 rings (SSSR count). The highest BCUT2D eigenvalue weighted by Crippen LogP contribution is 2.36. The van der Waals surface area contributed by atoms with Crippen molar-refractivity contribution in [3.8, 4) is 0 Å². The Hall–Kier alpha value is -0.870. The average Bonchev–Trinajstić information content (AvgIpc) is 2.47. The summed E-state index contributed by atoms with van der Waals surface area (Å²) in [5.41, 5.74) is 0.147. The Kier molecular flexibility index (Phi) is 3.52. The van der Waals surface area contributed by atoms with Crippen molar-refractivity contribution in [3.05, 3.63) is 12.2 Å². The summed E-state index contributed by atoms with van der Waals surface area (Å²) in [6.45, 7) is 9.66. The van der Waals surface area contributed by atoms with Crippen LogP contribution in [0.4, 0.5) is 0 Å². The summed E-state index contributed by atoms with van der Waals surface area (Å²) >= 11 is 0. The summed E-state index contributed by atoms with van der Waals surface area (Å²) in [6.07, 6.45) is 0.639. The number of rotatable bonds is 4. The van der Waals surface area contributed by atoms with Crippen molar-refractivity contribution in [1.29, 1.82) is 0 Å². The average molecular weight is 214 g/mol. The molecule has 1 aliphatic rings. The summed E-state index contributed by atoms with van der Waals surface area (Å²) in [6, 6.07) is 0. The van der Waals surface area contributed by atoms with Gasteiger partial charge in [-0.25, -0.2) is 4.79 Å². The van der Waals surface area contributed by atoms with Crippen molar-refractivity contribution in [1.82, 2.24) is 0 Å². The molecular formula is C11H18O4. The topological polar surface area (TPSA) is 55.8 Å². The first kappa shape index (κ1) is 12.2. The molecule has 0 amide bonds. The molecule has 3 unspecified atom stereocenters. The van der Waals surface area contributed by atoms with Gasteiger partial charge in [-0.3, -0.25) is 0 Å². The first-order valence-corrected chi connectivity index (χ1v) is 5.14. The van der Waals surface area contributed by atoms with E-state index in [1.807, 2.05) is 13.8 Å². The van der Waals surface area contributed by atoms with Gasteiger partial charge in [-0.15, -0.1) is 0 Å². The molecule has 0 aromatic carbocycles. The van der Waals surface area contributed by atoms with Crippen molar-refractivity contribution in [2.45, 2.75) is 39.1 Å². The number of ether oxygens (including phenoxy) is 2. The molecule has 15 heavy (non-hydrogen) atoms. The van der Waals surface area contributed by atoms with Gasteiger partial charge in [-0.2, -0.15) is 0 Å². The predicted octanol–water partition coefficient (Wildman–Crippen LogP) is 1.80. The van der Waals surface area contributed by atoms with Gasteiger partial charge in [0, 0.05) is 11.5 Å². The minimum absolute atomic E-state index is 0.00523. The Labute approximate surface area is 89.9 Å². The molecule has 0 radical (unpaired) electrons. The van der Waals surface area contributed by atoms with Crippen LogP contribution in [0.1, 0.15) is 27.2 Å². The van der Waals surface area contributed by atoms with E-state index in [-0.39, 0.29) is 17.6 Å². The third-order valence-corrected chi connectivity index (χ3v) is 2.78. The zero-order valence-electron chi connectivity index (χ0n) is 9.45. The number of carbonyl (C=O) groups is 1. The fourth-order valence-corrected chi connectivity index (χ4v) is 2.02. The lowest BCUT2D eigenvalue weighted by atomic mass is 9.89. The molecule has 1 saturated heterocycles. The lowest BCUT2D eigenvalue weighted by Gasteiger charge is -2.32. The molecule has 0 aromatic heterocycles. The van der Waals surface area contributed by atoms with Gasteiger partial charge in [0.2, 0.25) is 0 Å². The smallest absolute Gasteiger partial charge is 0.331 e. The number of carboxylic acids is 1. The highest BCUT2D eigenvalue weighted by atomic mass is 16.7. The van der Waals surface area contributed by atoms with E-state index in [9.17, 15) is 4.79 Å². The Balaban J connectivity index is 2.82. The maximum absolute atomic E-state index is 10.9. The Morgan fingerprint density at radius 3 is 2.67 bits per heavy atom. The van der Waals surface area contributed by atoms with Gasteiger partial charge in [-0.1, -0.05) is 13.5 Å². The summed E-state index contributed by atoms with van der Waals surface area (Å²) in [4.78, 5) is 10.9. The van der Waals surface area contributed by atoms with Gasteiger partial charge in [0.1, 0.15) is 0 Å². The third kappa shape index (κ3) is 2.38. The number of aliphatic carboxylic acids is 1. The van der Waals surface area contributed by atoms with Crippen LogP contribution in [0.15, 0.2) is 12.2 Å². The van der Waals surface area contributed by atoms with Gasteiger partial charge in [0.15, 0.2) is 5.79 Å². The number of hydrogen-bond acceptors (Lipinski definition) is 3. The van der Waals surface area contributed by atoms with E-state index in [1.165, 1.54) is 0 Å².